The Morgan fingerprint density at radius 1 is 1.38 bits per heavy atom. The van der Waals surface area contributed by atoms with Crippen molar-refractivity contribution in [3.8, 4) is 0 Å². The summed E-state index contributed by atoms with van der Waals surface area (Å²) in [5.41, 5.74) is 2.53. The van der Waals surface area contributed by atoms with Gasteiger partial charge in [0.1, 0.15) is 0 Å². The zero-order chi connectivity index (χ0) is 10.3. The first-order valence-electron chi connectivity index (χ1n) is 4.24. The number of allylic oxidation sites excluding steroid dienone is 3. The van der Waals surface area contributed by atoms with Gasteiger partial charge in [-0.1, -0.05) is 55.2 Å². The molecule has 0 aromatic carbocycles. The minimum atomic E-state index is 0.132. The standard InChI is InChI=1S/C10H16Br2O/c1-8(3-4-13)5-10(12)6-9(2)7-11/h3,6,10,13H,4-5,7H2,1-2H3. The smallest absolute Gasteiger partial charge is 0.0614 e. The molecular formula is C10H16Br2O. The van der Waals surface area contributed by atoms with Crippen LogP contribution in [-0.2, 0) is 0 Å². The van der Waals surface area contributed by atoms with Gasteiger partial charge in [-0.15, -0.1) is 0 Å². The van der Waals surface area contributed by atoms with Crippen LogP contribution in [0.15, 0.2) is 23.3 Å². The van der Waals surface area contributed by atoms with Crippen LogP contribution in [0.4, 0.5) is 0 Å². The van der Waals surface area contributed by atoms with Crippen LogP contribution in [0.1, 0.15) is 20.3 Å². The quantitative estimate of drug-likeness (QED) is 0.609. The fourth-order valence-electron chi connectivity index (χ4n) is 0.959. The molecule has 0 bridgehead atoms. The Hall–Kier alpha value is 0.400. The van der Waals surface area contributed by atoms with Gasteiger partial charge < -0.3 is 5.11 Å². The third-order valence-corrected chi connectivity index (χ3v) is 3.11. The van der Waals surface area contributed by atoms with Crippen molar-refractivity contribution in [1.82, 2.24) is 0 Å². The molecule has 3 heteroatoms. The van der Waals surface area contributed by atoms with E-state index in [4.69, 9.17) is 5.11 Å². The molecule has 0 aliphatic heterocycles. The van der Waals surface area contributed by atoms with E-state index in [2.05, 4.69) is 44.9 Å². The number of rotatable bonds is 5. The highest BCUT2D eigenvalue weighted by Gasteiger charge is 2.01. The molecule has 1 atom stereocenters. The van der Waals surface area contributed by atoms with Crippen molar-refractivity contribution in [2.24, 2.45) is 0 Å². The molecule has 0 aliphatic carbocycles. The highest BCUT2D eigenvalue weighted by atomic mass is 79.9. The van der Waals surface area contributed by atoms with Gasteiger partial charge in [0.15, 0.2) is 0 Å². The summed E-state index contributed by atoms with van der Waals surface area (Å²) in [6.07, 6.45) is 4.97. The van der Waals surface area contributed by atoms with E-state index in [1.807, 2.05) is 13.0 Å². The Morgan fingerprint density at radius 2 is 2.00 bits per heavy atom. The van der Waals surface area contributed by atoms with E-state index in [1.54, 1.807) is 0 Å². The van der Waals surface area contributed by atoms with Gasteiger partial charge in [-0.05, 0) is 20.3 Å². The second kappa shape index (κ2) is 7.77. The Balaban J connectivity index is 4.00. The number of halogens is 2. The average molecular weight is 312 g/mol. The van der Waals surface area contributed by atoms with Crippen molar-refractivity contribution < 1.29 is 5.11 Å². The summed E-state index contributed by atoms with van der Waals surface area (Å²) < 4.78 is 0. The van der Waals surface area contributed by atoms with Crippen LogP contribution in [0, 0.1) is 0 Å². The molecule has 1 N–H and O–H groups in total. The SMILES string of the molecule is CC(=CC(Br)CC(C)=CCO)CBr. The van der Waals surface area contributed by atoms with Crippen LogP contribution in [0.2, 0.25) is 0 Å². The highest BCUT2D eigenvalue weighted by Crippen LogP contribution is 2.16. The summed E-state index contributed by atoms with van der Waals surface area (Å²) in [4.78, 5) is 0.368. The van der Waals surface area contributed by atoms with Gasteiger partial charge in [-0.25, -0.2) is 0 Å². The van der Waals surface area contributed by atoms with E-state index in [-0.39, 0.29) is 6.61 Å². The van der Waals surface area contributed by atoms with E-state index in [1.165, 1.54) is 11.1 Å². The molecule has 0 spiro atoms. The van der Waals surface area contributed by atoms with Crippen molar-refractivity contribution in [1.29, 1.82) is 0 Å². The number of alkyl halides is 2. The van der Waals surface area contributed by atoms with Crippen molar-refractivity contribution >= 4 is 31.9 Å². The monoisotopic (exact) mass is 310 g/mol. The zero-order valence-electron chi connectivity index (χ0n) is 8.06. The Morgan fingerprint density at radius 3 is 2.46 bits per heavy atom. The molecule has 0 radical (unpaired) electrons. The van der Waals surface area contributed by atoms with Crippen LogP contribution in [-0.4, -0.2) is 21.9 Å². The summed E-state index contributed by atoms with van der Waals surface area (Å²) in [6.45, 7) is 4.25. The maximum Gasteiger partial charge on any atom is 0.0614 e. The molecule has 76 valence electrons. The topological polar surface area (TPSA) is 20.2 Å². The maximum absolute atomic E-state index is 8.66. The van der Waals surface area contributed by atoms with Gasteiger partial charge in [0, 0.05) is 10.2 Å². The molecular weight excluding hydrogens is 296 g/mol. The second-order valence-corrected chi connectivity index (χ2v) is 4.84. The Labute approximate surface area is 97.2 Å². The fourth-order valence-corrected chi connectivity index (χ4v) is 2.11. The summed E-state index contributed by atoms with van der Waals surface area (Å²) in [5.74, 6) is 0. The largest absolute Gasteiger partial charge is 0.392 e. The maximum atomic E-state index is 8.66. The minimum Gasteiger partial charge on any atom is -0.392 e. The van der Waals surface area contributed by atoms with Crippen LogP contribution in [0.3, 0.4) is 0 Å². The molecule has 0 amide bonds. The van der Waals surface area contributed by atoms with Gasteiger partial charge in [0.25, 0.3) is 0 Å². The lowest BCUT2D eigenvalue weighted by Gasteiger charge is -2.06. The minimum absolute atomic E-state index is 0.132. The normalized spacial score (nSPS) is 16.1. The first-order chi connectivity index (χ1) is 6.10. The van der Waals surface area contributed by atoms with Crippen LogP contribution >= 0.6 is 31.9 Å². The molecule has 13 heavy (non-hydrogen) atoms. The second-order valence-electron chi connectivity index (χ2n) is 3.10. The van der Waals surface area contributed by atoms with Crippen LogP contribution in [0.25, 0.3) is 0 Å². The predicted molar refractivity (Wildman–Crippen MR) is 65.7 cm³/mol. The van der Waals surface area contributed by atoms with Gasteiger partial charge in [-0.3, -0.25) is 0 Å². The molecule has 0 aromatic rings. The Kier molecular flexibility index (Phi) is 8.01. The molecule has 1 unspecified atom stereocenters. The Bertz CT molecular complexity index is 197. The molecule has 0 aromatic heterocycles. The van der Waals surface area contributed by atoms with E-state index in [9.17, 15) is 0 Å². The number of aliphatic hydroxyl groups is 1. The fraction of sp³-hybridized carbons (Fsp3) is 0.600. The highest BCUT2D eigenvalue weighted by molar-refractivity contribution is 9.09. The van der Waals surface area contributed by atoms with E-state index in [0.29, 0.717) is 4.83 Å². The number of hydrogen-bond acceptors (Lipinski definition) is 1. The molecule has 0 aliphatic rings. The summed E-state index contributed by atoms with van der Waals surface area (Å²) in [6, 6.07) is 0. The number of hydrogen-bond donors (Lipinski definition) is 1. The lowest BCUT2D eigenvalue weighted by Crippen LogP contribution is -1.96. The molecule has 1 nitrogen and oxygen atoms in total. The lowest BCUT2D eigenvalue weighted by atomic mass is 10.1. The van der Waals surface area contributed by atoms with Crippen LogP contribution < -0.4 is 0 Å². The van der Waals surface area contributed by atoms with E-state index in [0.717, 1.165) is 11.8 Å². The van der Waals surface area contributed by atoms with Gasteiger partial charge in [-0.2, -0.15) is 0 Å². The van der Waals surface area contributed by atoms with Gasteiger partial charge in [0.2, 0.25) is 0 Å². The first kappa shape index (κ1) is 13.4. The molecule has 0 rings (SSSR count). The van der Waals surface area contributed by atoms with E-state index >= 15 is 0 Å². The van der Waals surface area contributed by atoms with Crippen molar-refractivity contribution in [3.63, 3.8) is 0 Å². The number of aliphatic hydroxyl groups excluding tert-OH is 1. The molecule has 0 saturated carbocycles. The average Bonchev–Trinajstić information content (AvgIpc) is 2.04. The first-order valence-corrected chi connectivity index (χ1v) is 6.27. The summed E-state index contributed by atoms with van der Waals surface area (Å²) in [5, 5.41) is 9.58. The summed E-state index contributed by atoms with van der Waals surface area (Å²) in [7, 11) is 0. The summed E-state index contributed by atoms with van der Waals surface area (Å²) >= 11 is 6.97. The molecule has 0 fully saturated rings. The molecule has 0 saturated heterocycles. The zero-order valence-corrected chi connectivity index (χ0v) is 11.2. The third-order valence-electron chi connectivity index (χ3n) is 1.63. The van der Waals surface area contributed by atoms with Gasteiger partial charge >= 0.3 is 0 Å². The van der Waals surface area contributed by atoms with Crippen molar-refractivity contribution in [3.05, 3.63) is 23.3 Å². The predicted octanol–water partition coefficient (Wildman–Crippen LogP) is 3.42. The van der Waals surface area contributed by atoms with Crippen LogP contribution in [0.5, 0.6) is 0 Å². The third kappa shape index (κ3) is 7.47. The van der Waals surface area contributed by atoms with E-state index < -0.39 is 0 Å². The molecule has 0 heterocycles. The lowest BCUT2D eigenvalue weighted by molar-refractivity contribution is 0.341. The van der Waals surface area contributed by atoms with Crippen molar-refractivity contribution in [2.75, 3.05) is 11.9 Å². The van der Waals surface area contributed by atoms with Crippen molar-refractivity contribution in [2.45, 2.75) is 25.1 Å². The van der Waals surface area contributed by atoms with Gasteiger partial charge in [0.05, 0.1) is 6.61 Å².